The predicted octanol–water partition coefficient (Wildman–Crippen LogP) is 1.99. The molecule has 1 aliphatic carbocycles. The fourth-order valence-corrected chi connectivity index (χ4v) is 4.32. The molecule has 0 amide bonds. The molecule has 0 saturated heterocycles. The van der Waals surface area contributed by atoms with Crippen LogP contribution in [-0.4, -0.2) is 24.2 Å². The van der Waals surface area contributed by atoms with Gasteiger partial charge in [-0.3, -0.25) is 0 Å². The van der Waals surface area contributed by atoms with E-state index in [-0.39, 0.29) is 18.0 Å². The van der Waals surface area contributed by atoms with E-state index in [1.165, 1.54) is 12.1 Å². The van der Waals surface area contributed by atoms with Crippen molar-refractivity contribution in [3.63, 3.8) is 0 Å². The van der Waals surface area contributed by atoms with Gasteiger partial charge in [0.1, 0.15) is 0 Å². The third kappa shape index (κ3) is 2.71. The molecule has 1 aromatic carbocycles. The van der Waals surface area contributed by atoms with Crippen molar-refractivity contribution in [2.24, 2.45) is 5.92 Å². The van der Waals surface area contributed by atoms with Gasteiger partial charge in [-0.1, -0.05) is 26.0 Å². The summed E-state index contributed by atoms with van der Waals surface area (Å²) in [6.45, 7) is 3.95. The number of rotatable bonds is 6. The lowest BCUT2D eigenvalue weighted by Crippen LogP contribution is -2.39. The lowest BCUT2D eigenvalue weighted by atomic mass is 10.1. The summed E-state index contributed by atoms with van der Waals surface area (Å²) in [4.78, 5) is 10.9. The van der Waals surface area contributed by atoms with Crippen LogP contribution in [0.2, 0.25) is 0 Å². The molecule has 1 aliphatic rings. The van der Waals surface area contributed by atoms with E-state index in [0.29, 0.717) is 18.4 Å². The van der Waals surface area contributed by atoms with Crippen molar-refractivity contribution in [2.45, 2.75) is 38.0 Å². The first-order valence-electron chi connectivity index (χ1n) is 6.60. The summed E-state index contributed by atoms with van der Waals surface area (Å²) in [5.41, 5.74) is 0.805. The van der Waals surface area contributed by atoms with Crippen LogP contribution in [0.5, 0.6) is 0 Å². The fraction of sp³-hybridized carbons (Fsp3) is 0.500. The molecule has 1 aromatic rings. The third-order valence-corrected chi connectivity index (χ3v) is 6.44. The second-order valence-corrected chi connectivity index (χ2v) is 7.66. The van der Waals surface area contributed by atoms with Crippen LogP contribution in [0.1, 0.15) is 42.6 Å². The molecule has 0 radical (unpaired) electrons. The molecule has 0 spiro atoms. The van der Waals surface area contributed by atoms with E-state index < -0.39 is 20.7 Å². The van der Waals surface area contributed by atoms with Gasteiger partial charge in [0, 0.05) is 6.54 Å². The van der Waals surface area contributed by atoms with Gasteiger partial charge in [0.25, 0.3) is 0 Å². The first-order valence-corrected chi connectivity index (χ1v) is 8.08. The second-order valence-electron chi connectivity index (χ2n) is 5.55. The highest BCUT2D eigenvalue weighted by molar-refractivity contribution is 7.91. The molecule has 1 fully saturated rings. The topological polar surface area (TPSA) is 83.5 Å². The summed E-state index contributed by atoms with van der Waals surface area (Å²) in [5, 5.41) is 8.91. The molecule has 0 heterocycles. The van der Waals surface area contributed by atoms with Crippen molar-refractivity contribution < 1.29 is 18.3 Å². The van der Waals surface area contributed by atoms with Gasteiger partial charge in [-0.25, -0.2) is 17.9 Å². The maximum atomic E-state index is 12.3. The molecular formula is C14H19NO4S. The average Bonchev–Trinajstić information content (AvgIpc) is 3.18. The Morgan fingerprint density at radius 3 is 2.55 bits per heavy atom. The normalized spacial score (nSPS) is 17.1. The quantitative estimate of drug-likeness (QED) is 0.841. The molecule has 0 aliphatic heterocycles. The molecule has 20 heavy (non-hydrogen) atoms. The summed E-state index contributed by atoms with van der Waals surface area (Å²) in [5.74, 6) is -0.944. The minimum atomic E-state index is -3.38. The molecule has 5 nitrogen and oxygen atoms in total. The van der Waals surface area contributed by atoms with Crippen molar-refractivity contribution >= 4 is 16.0 Å². The molecule has 2 N–H and O–H groups in total. The lowest BCUT2D eigenvalue weighted by Gasteiger charge is -2.20. The molecule has 0 aromatic heterocycles. The highest BCUT2D eigenvalue weighted by atomic mass is 32.2. The van der Waals surface area contributed by atoms with E-state index >= 15 is 0 Å². The number of carbonyl (C=O) groups is 1. The van der Waals surface area contributed by atoms with Gasteiger partial charge in [0.2, 0.25) is 10.0 Å². The number of nitrogens with one attached hydrogen (secondary N) is 1. The number of carboxylic acid groups (broad SMARTS) is 1. The van der Waals surface area contributed by atoms with Gasteiger partial charge < -0.3 is 5.11 Å². The molecule has 6 heteroatoms. The van der Waals surface area contributed by atoms with Crippen LogP contribution in [0.25, 0.3) is 0 Å². The van der Waals surface area contributed by atoms with Gasteiger partial charge in [-0.2, -0.15) is 0 Å². The maximum Gasteiger partial charge on any atom is 0.335 e. The Morgan fingerprint density at radius 1 is 1.40 bits per heavy atom. The average molecular weight is 297 g/mol. The summed E-state index contributed by atoms with van der Waals surface area (Å²) in [6, 6.07) is 6.29. The fourth-order valence-electron chi connectivity index (χ4n) is 2.42. The number of sulfonamides is 1. The van der Waals surface area contributed by atoms with Crippen LogP contribution in [0, 0.1) is 5.92 Å². The Labute approximate surface area is 119 Å². The Balaban J connectivity index is 2.09. The van der Waals surface area contributed by atoms with Crippen LogP contribution in [0.4, 0.5) is 0 Å². The van der Waals surface area contributed by atoms with E-state index in [1.807, 2.05) is 13.8 Å². The van der Waals surface area contributed by atoms with E-state index in [0.717, 1.165) is 0 Å². The lowest BCUT2D eigenvalue weighted by molar-refractivity contribution is 0.0696. The Kier molecular flexibility index (Phi) is 3.88. The second kappa shape index (κ2) is 5.18. The number of hydrogen-bond donors (Lipinski definition) is 2. The molecule has 2 rings (SSSR count). The minimum absolute atomic E-state index is 0.0744. The van der Waals surface area contributed by atoms with Gasteiger partial charge >= 0.3 is 5.97 Å². The first-order chi connectivity index (χ1) is 9.28. The van der Waals surface area contributed by atoms with Crippen molar-refractivity contribution in [3.8, 4) is 0 Å². The number of benzene rings is 1. The first kappa shape index (κ1) is 15.0. The molecular weight excluding hydrogens is 278 g/mol. The van der Waals surface area contributed by atoms with Crippen LogP contribution < -0.4 is 4.72 Å². The summed E-state index contributed by atoms with van der Waals surface area (Å²) < 4.78 is 26.6. The monoisotopic (exact) mass is 297 g/mol. The van der Waals surface area contributed by atoms with E-state index in [2.05, 4.69) is 4.72 Å². The van der Waals surface area contributed by atoms with Crippen molar-refractivity contribution in [1.29, 1.82) is 0 Å². The SMILES string of the molecule is CC(C)C1(S(=O)(=O)NCc2cccc(C(=O)O)c2)CC1. The summed E-state index contributed by atoms with van der Waals surface area (Å²) in [7, 11) is -3.38. The Hall–Kier alpha value is -1.40. The highest BCUT2D eigenvalue weighted by Gasteiger charge is 2.56. The largest absolute Gasteiger partial charge is 0.478 e. The molecule has 1 saturated carbocycles. The zero-order valence-electron chi connectivity index (χ0n) is 11.6. The number of carboxylic acids is 1. The number of hydrogen-bond acceptors (Lipinski definition) is 3. The summed E-state index contributed by atoms with van der Waals surface area (Å²) >= 11 is 0. The number of aromatic carboxylic acids is 1. The standard InChI is InChI=1S/C14H19NO4S/c1-10(2)14(6-7-14)20(18,19)15-9-11-4-3-5-12(8-11)13(16)17/h3-5,8,10,15H,6-7,9H2,1-2H3,(H,16,17). The summed E-state index contributed by atoms with van der Waals surface area (Å²) in [6.07, 6.45) is 1.38. The van der Waals surface area contributed by atoms with Crippen molar-refractivity contribution in [1.82, 2.24) is 4.72 Å². The highest BCUT2D eigenvalue weighted by Crippen LogP contribution is 2.48. The van der Waals surface area contributed by atoms with E-state index in [4.69, 9.17) is 5.11 Å². The van der Waals surface area contributed by atoms with Gasteiger partial charge in [0.15, 0.2) is 0 Å². The van der Waals surface area contributed by atoms with Crippen LogP contribution in [0.15, 0.2) is 24.3 Å². The van der Waals surface area contributed by atoms with E-state index in [1.54, 1.807) is 12.1 Å². The van der Waals surface area contributed by atoms with Gasteiger partial charge in [-0.15, -0.1) is 0 Å². The van der Waals surface area contributed by atoms with E-state index in [9.17, 15) is 13.2 Å². The molecule has 0 unspecified atom stereocenters. The zero-order valence-corrected chi connectivity index (χ0v) is 12.4. The zero-order chi connectivity index (χ0) is 15.0. The van der Waals surface area contributed by atoms with Crippen LogP contribution in [0.3, 0.4) is 0 Å². The third-order valence-electron chi connectivity index (χ3n) is 3.97. The molecule has 0 bridgehead atoms. The maximum absolute atomic E-state index is 12.3. The van der Waals surface area contributed by atoms with Crippen molar-refractivity contribution in [2.75, 3.05) is 0 Å². The van der Waals surface area contributed by atoms with Gasteiger partial charge in [0.05, 0.1) is 10.3 Å². The predicted molar refractivity (Wildman–Crippen MR) is 76.0 cm³/mol. The van der Waals surface area contributed by atoms with Crippen LogP contribution in [-0.2, 0) is 16.6 Å². The van der Waals surface area contributed by atoms with Crippen molar-refractivity contribution in [3.05, 3.63) is 35.4 Å². The Bertz CT molecular complexity index is 618. The Morgan fingerprint density at radius 2 is 2.05 bits per heavy atom. The molecule has 110 valence electrons. The van der Waals surface area contributed by atoms with Crippen LogP contribution >= 0.6 is 0 Å². The molecule has 0 atom stereocenters. The smallest absolute Gasteiger partial charge is 0.335 e. The minimum Gasteiger partial charge on any atom is -0.478 e. The van der Waals surface area contributed by atoms with Gasteiger partial charge in [-0.05, 0) is 36.5 Å².